The van der Waals surface area contributed by atoms with Crippen LogP contribution in [0.1, 0.15) is 86.5 Å². The van der Waals surface area contributed by atoms with E-state index in [1.54, 1.807) is 0 Å². The lowest BCUT2D eigenvalue weighted by Gasteiger charge is -2.49. The van der Waals surface area contributed by atoms with Gasteiger partial charge in [0.1, 0.15) is 0 Å². The summed E-state index contributed by atoms with van der Waals surface area (Å²) in [7, 11) is 0. The van der Waals surface area contributed by atoms with Crippen molar-refractivity contribution < 1.29 is 0 Å². The summed E-state index contributed by atoms with van der Waals surface area (Å²) >= 11 is 0. The Kier molecular flexibility index (Phi) is 7.00. The predicted molar refractivity (Wildman–Crippen MR) is 90.3 cm³/mol. The van der Waals surface area contributed by atoms with Crippen LogP contribution in [0.2, 0.25) is 0 Å². The molecule has 2 heteroatoms. The molecule has 20 heavy (non-hydrogen) atoms. The van der Waals surface area contributed by atoms with Gasteiger partial charge in [-0.2, -0.15) is 0 Å². The highest BCUT2D eigenvalue weighted by Crippen LogP contribution is 2.31. The van der Waals surface area contributed by atoms with E-state index in [1.165, 1.54) is 58.0 Å². The van der Waals surface area contributed by atoms with Crippen molar-refractivity contribution in [1.82, 2.24) is 10.2 Å². The first-order chi connectivity index (χ1) is 9.29. The summed E-state index contributed by atoms with van der Waals surface area (Å²) in [5, 5.41) is 3.80. The summed E-state index contributed by atoms with van der Waals surface area (Å²) in [6, 6.07) is 0.748. The standard InChI is InChI=1S/C18H38N2/c1-7-9-10-11-12-13-20(8-2)16-14-17(3,4)19-18(5,6)15-16/h16,19H,7-15H2,1-6H3. The van der Waals surface area contributed by atoms with Crippen LogP contribution in [-0.4, -0.2) is 35.1 Å². The molecule has 0 amide bonds. The van der Waals surface area contributed by atoms with Gasteiger partial charge in [0.15, 0.2) is 0 Å². The zero-order valence-electron chi connectivity index (χ0n) is 14.9. The fourth-order valence-electron chi connectivity index (χ4n) is 4.04. The van der Waals surface area contributed by atoms with E-state index in [1.807, 2.05) is 0 Å². The minimum atomic E-state index is 0.266. The molecule has 0 bridgehead atoms. The van der Waals surface area contributed by atoms with Gasteiger partial charge in [0.2, 0.25) is 0 Å². The molecule has 0 aromatic rings. The van der Waals surface area contributed by atoms with E-state index in [-0.39, 0.29) is 11.1 Å². The molecule has 0 saturated carbocycles. The molecule has 0 aromatic carbocycles. The first-order valence-electron chi connectivity index (χ1n) is 8.83. The van der Waals surface area contributed by atoms with E-state index in [4.69, 9.17) is 0 Å². The Labute approximate surface area is 127 Å². The fraction of sp³-hybridized carbons (Fsp3) is 1.00. The first kappa shape index (κ1) is 18.0. The van der Waals surface area contributed by atoms with Crippen molar-refractivity contribution in [3.8, 4) is 0 Å². The third-order valence-corrected chi connectivity index (χ3v) is 4.64. The number of unbranched alkanes of at least 4 members (excludes halogenated alkanes) is 4. The van der Waals surface area contributed by atoms with E-state index in [2.05, 4.69) is 51.8 Å². The molecule has 1 rings (SSSR count). The van der Waals surface area contributed by atoms with Crippen LogP contribution in [0.15, 0.2) is 0 Å². The largest absolute Gasteiger partial charge is 0.307 e. The van der Waals surface area contributed by atoms with E-state index in [0.717, 1.165) is 6.04 Å². The molecule has 0 aliphatic carbocycles. The van der Waals surface area contributed by atoms with Crippen LogP contribution >= 0.6 is 0 Å². The molecular weight excluding hydrogens is 244 g/mol. The molecule has 120 valence electrons. The van der Waals surface area contributed by atoms with E-state index in [0.29, 0.717) is 0 Å². The zero-order valence-corrected chi connectivity index (χ0v) is 14.9. The van der Waals surface area contributed by atoms with Gasteiger partial charge in [0, 0.05) is 17.1 Å². The van der Waals surface area contributed by atoms with Gasteiger partial charge in [-0.1, -0.05) is 39.5 Å². The number of nitrogens with zero attached hydrogens (tertiary/aromatic N) is 1. The lowest BCUT2D eigenvalue weighted by Crippen LogP contribution is -2.62. The van der Waals surface area contributed by atoms with Crippen molar-refractivity contribution in [3.05, 3.63) is 0 Å². The number of hydrogen-bond donors (Lipinski definition) is 1. The molecule has 0 aromatic heterocycles. The van der Waals surface area contributed by atoms with Crippen LogP contribution in [0.3, 0.4) is 0 Å². The van der Waals surface area contributed by atoms with Crippen LogP contribution < -0.4 is 5.32 Å². The minimum Gasteiger partial charge on any atom is -0.307 e. The molecule has 0 spiro atoms. The summed E-state index contributed by atoms with van der Waals surface area (Å²) < 4.78 is 0. The average molecular weight is 283 g/mol. The number of rotatable bonds is 8. The van der Waals surface area contributed by atoms with Gasteiger partial charge in [-0.15, -0.1) is 0 Å². The topological polar surface area (TPSA) is 15.3 Å². The molecule has 0 atom stereocenters. The Balaban J connectivity index is 2.47. The molecule has 1 aliphatic heterocycles. The van der Waals surface area contributed by atoms with E-state index >= 15 is 0 Å². The van der Waals surface area contributed by atoms with Crippen LogP contribution in [0.4, 0.5) is 0 Å². The van der Waals surface area contributed by atoms with E-state index in [9.17, 15) is 0 Å². The Morgan fingerprint density at radius 3 is 1.95 bits per heavy atom. The second kappa shape index (κ2) is 7.79. The summed E-state index contributed by atoms with van der Waals surface area (Å²) in [5.41, 5.74) is 0.532. The molecular formula is C18H38N2. The Hall–Kier alpha value is -0.0800. The van der Waals surface area contributed by atoms with Gasteiger partial charge in [-0.25, -0.2) is 0 Å². The highest BCUT2D eigenvalue weighted by atomic mass is 15.2. The summed E-state index contributed by atoms with van der Waals surface area (Å²) in [6.45, 7) is 16.5. The average Bonchev–Trinajstić information content (AvgIpc) is 2.29. The van der Waals surface area contributed by atoms with Gasteiger partial charge in [-0.05, 0) is 60.0 Å². The fourth-order valence-corrected chi connectivity index (χ4v) is 4.04. The normalized spacial score (nSPS) is 22.4. The van der Waals surface area contributed by atoms with Gasteiger partial charge in [0.25, 0.3) is 0 Å². The lowest BCUT2D eigenvalue weighted by atomic mass is 9.79. The molecule has 1 aliphatic rings. The molecule has 1 saturated heterocycles. The SMILES string of the molecule is CCCCCCCN(CC)C1CC(C)(C)NC(C)(C)C1. The summed E-state index contributed by atoms with van der Waals surface area (Å²) in [5.74, 6) is 0. The number of hydrogen-bond acceptors (Lipinski definition) is 2. The van der Waals surface area contributed by atoms with Gasteiger partial charge in [-0.3, -0.25) is 0 Å². The van der Waals surface area contributed by atoms with Crippen LogP contribution in [0.5, 0.6) is 0 Å². The van der Waals surface area contributed by atoms with Crippen molar-refractivity contribution in [1.29, 1.82) is 0 Å². The summed E-state index contributed by atoms with van der Waals surface area (Å²) in [4.78, 5) is 2.73. The quantitative estimate of drug-likeness (QED) is 0.655. The van der Waals surface area contributed by atoms with Gasteiger partial charge in [0.05, 0.1) is 0 Å². The van der Waals surface area contributed by atoms with Crippen molar-refractivity contribution in [2.45, 2.75) is 104 Å². The monoisotopic (exact) mass is 282 g/mol. The van der Waals surface area contributed by atoms with Crippen molar-refractivity contribution in [2.24, 2.45) is 0 Å². The van der Waals surface area contributed by atoms with E-state index < -0.39 is 0 Å². The molecule has 0 unspecified atom stereocenters. The Morgan fingerprint density at radius 1 is 0.900 bits per heavy atom. The lowest BCUT2D eigenvalue weighted by molar-refractivity contribution is 0.0681. The zero-order chi connectivity index (χ0) is 15.2. The smallest absolute Gasteiger partial charge is 0.0145 e. The second-order valence-corrected chi connectivity index (χ2v) is 8.00. The predicted octanol–water partition coefficient (Wildman–Crippen LogP) is 4.59. The maximum absolute atomic E-state index is 3.80. The molecule has 1 fully saturated rings. The Morgan fingerprint density at radius 2 is 1.45 bits per heavy atom. The van der Waals surface area contributed by atoms with Crippen LogP contribution in [0, 0.1) is 0 Å². The highest BCUT2D eigenvalue weighted by Gasteiger charge is 2.39. The van der Waals surface area contributed by atoms with Crippen molar-refractivity contribution in [3.63, 3.8) is 0 Å². The molecule has 0 radical (unpaired) electrons. The van der Waals surface area contributed by atoms with Crippen molar-refractivity contribution >= 4 is 0 Å². The highest BCUT2D eigenvalue weighted by molar-refractivity contribution is 5.00. The number of piperidine rings is 1. The van der Waals surface area contributed by atoms with Gasteiger partial charge >= 0.3 is 0 Å². The third kappa shape index (κ3) is 6.13. The Bertz CT molecular complexity index is 255. The molecule has 1 heterocycles. The number of nitrogens with one attached hydrogen (secondary N) is 1. The maximum atomic E-state index is 3.80. The summed E-state index contributed by atoms with van der Waals surface area (Å²) in [6.07, 6.45) is 9.49. The minimum absolute atomic E-state index is 0.266. The van der Waals surface area contributed by atoms with Gasteiger partial charge < -0.3 is 10.2 Å². The maximum Gasteiger partial charge on any atom is 0.0145 e. The van der Waals surface area contributed by atoms with Crippen molar-refractivity contribution in [2.75, 3.05) is 13.1 Å². The molecule has 1 N–H and O–H groups in total. The molecule has 2 nitrogen and oxygen atoms in total. The second-order valence-electron chi connectivity index (χ2n) is 8.00. The van der Waals surface area contributed by atoms with Crippen LogP contribution in [0.25, 0.3) is 0 Å². The first-order valence-corrected chi connectivity index (χ1v) is 8.83. The third-order valence-electron chi connectivity index (χ3n) is 4.64. The van der Waals surface area contributed by atoms with Crippen LogP contribution in [-0.2, 0) is 0 Å².